The summed E-state index contributed by atoms with van der Waals surface area (Å²) in [7, 11) is 0. The van der Waals surface area contributed by atoms with Gasteiger partial charge < -0.3 is 4.90 Å². The SMILES string of the molecule is O=CN1CCN(Cc2ccsc2)CC1. The fourth-order valence-corrected chi connectivity index (χ4v) is 2.33. The molecule has 2 rings (SSSR count). The van der Waals surface area contributed by atoms with Crippen LogP contribution < -0.4 is 0 Å². The first kappa shape index (κ1) is 9.68. The van der Waals surface area contributed by atoms with Gasteiger partial charge in [0.25, 0.3) is 0 Å². The van der Waals surface area contributed by atoms with Crippen molar-refractivity contribution in [3.8, 4) is 0 Å². The lowest BCUT2D eigenvalue weighted by Gasteiger charge is -2.32. The van der Waals surface area contributed by atoms with Crippen LogP contribution in [0.3, 0.4) is 0 Å². The molecule has 2 heterocycles. The highest BCUT2D eigenvalue weighted by molar-refractivity contribution is 7.07. The largest absolute Gasteiger partial charge is 0.343 e. The Labute approximate surface area is 87.9 Å². The van der Waals surface area contributed by atoms with Gasteiger partial charge in [0.05, 0.1) is 0 Å². The van der Waals surface area contributed by atoms with Crippen molar-refractivity contribution >= 4 is 17.7 Å². The molecule has 0 unspecified atom stereocenters. The van der Waals surface area contributed by atoms with Crippen molar-refractivity contribution in [2.45, 2.75) is 6.54 Å². The predicted molar refractivity (Wildman–Crippen MR) is 57.2 cm³/mol. The minimum absolute atomic E-state index is 0.869. The van der Waals surface area contributed by atoms with E-state index in [4.69, 9.17) is 0 Å². The monoisotopic (exact) mass is 210 g/mol. The standard InChI is InChI=1S/C10H14N2OS/c13-9-12-4-2-11(3-5-12)7-10-1-6-14-8-10/h1,6,8-9H,2-5,7H2. The van der Waals surface area contributed by atoms with Gasteiger partial charge in [-0.15, -0.1) is 0 Å². The first-order valence-corrected chi connectivity index (χ1v) is 5.75. The molecule has 1 fully saturated rings. The quantitative estimate of drug-likeness (QED) is 0.695. The first-order chi connectivity index (χ1) is 6.88. The molecule has 1 amide bonds. The lowest BCUT2D eigenvalue weighted by molar-refractivity contribution is -0.119. The molecule has 0 N–H and O–H groups in total. The summed E-state index contributed by atoms with van der Waals surface area (Å²) in [6, 6.07) is 2.16. The molecular formula is C10H14N2OS. The molecular weight excluding hydrogens is 196 g/mol. The molecule has 3 nitrogen and oxygen atoms in total. The van der Waals surface area contributed by atoms with Crippen LogP contribution in [0.15, 0.2) is 16.8 Å². The number of piperazine rings is 1. The molecule has 1 aliphatic rings. The molecule has 1 aromatic rings. The average molecular weight is 210 g/mol. The third kappa shape index (κ3) is 2.33. The third-order valence-corrected chi connectivity index (χ3v) is 3.27. The van der Waals surface area contributed by atoms with E-state index in [1.165, 1.54) is 5.56 Å². The van der Waals surface area contributed by atoms with Gasteiger partial charge in [-0.3, -0.25) is 9.69 Å². The molecule has 0 atom stereocenters. The Kier molecular flexibility index (Phi) is 3.16. The molecule has 0 bridgehead atoms. The lowest BCUT2D eigenvalue weighted by Crippen LogP contribution is -2.45. The Balaban J connectivity index is 1.81. The second kappa shape index (κ2) is 4.57. The molecule has 76 valence electrons. The van der Waals surface area contributed by atoms with E-state index in [-0.39, 0.29) is 0 Å². The maximum Gasteiger partial charge on any atom is 0.209 e. The van der Waals surface area contributed by atoms with Gasteiger partial charge in [0.1, 0.15) is 0 Å². The van der Waals surface area contributed by atoms with Crippen molar-refractivity contribution in [1.29, 1.82) is 0 Å². The summed E-state index contributed by atoms with van der Waals surface area (Å²) in [5, 5.41) is 4.29. The second-order valence-electron chi connectivity index (χ2n) is 3.55. The van der Waals surface area contributed by atoms with Gasteiger partial charge in [-0.25, -0.2) is 0 Å². The van der Waals surface area contributed by atoms with Crippen molar-refractivity contribution in [3.05, 3.63) is 22.4 Å². The summed E-state index contributed by atoms with van der Waals surface area (Å²) >= 11 is 1.74. The van der Waals surface area contributed by atoms with Crippen LogP contribution in [0.1, 0.15) is 5.56 Å². The predicted octanol–water partition coefficient (Wildman–Crippen LogP) is 1.02. The zero-order valence-electron chi connectivity index (χ0n) is 8.06. The van der Waals surface area contributed by atoms with E-state index < -0.39 is 0 Å². The van der Waals surface area contributed by atoms with Crippen LogP contribution in [0.5, 0.6) is 0 Å². The van der Waals surface area contributed by atoms with Crippen LogP contribution in [0.2, 0.25) is 0 Å². The average Bonchev–Trinajstić information content (AvgIpc) is 2.72. The summed E-state index contributed by atoms with van der Waals surface area (Å²) in [6.45, 7) is 4.75. The van der Waals surface area contributed by atoms with E-state index in [1.54, 1.807) is 11.3 Å². The molecule has 4 heteroatoms. The lowest BCUT2D eigenvalue weighted by atomic mass is 10.2. The van der Waals surface area contributed by atoms with Crippen molar-refractivity contribution in [2.24, 2.45) is 0 Å². The molecule has 0 saturated carbocycles. The van der Waals surface area contributed by atoms with Gasteiger partial charge in [-0.05, 0) is 22.4 Å². The smallest absolute Gasteiger partial charge is 0.209 e. The van der Waals surface area contributed by atoms with E-state index in [9.17, 15) is 4.79 Å². The summed E-state index contributed by atoms with van der Waals surface area (Å²) in [4.78, 5) is 14.7. The van der Waals surface area contributed by atoms with Crippen LogP contribution in [0.4, 0.5) is 0 Å². The number of hydrogen-bond donors (Lipinski definition) is 0. The van der Waals surface area contributed by atoms with Gasteiger partial charge in [0.2, 0.25) is 6.41 Å². The number of thiophene rings is 1. The van der Waals surface area contributed by atoms with E-state index in [1.807, 2.05) is 4.90 Å². The van der Waals surface area contributed by atoms with Gasteiger partial charge in [0.15, 0.2) is 0 Å². The summed E-state index contributed by atoms with van der Waals surface area (Å²) in [5.41, 5.74) is 1.38. The Morgan fingerprint density at radius 2 is 2.14 bits per heavy atom. The molecule has 0 aliphatic carbocycles. The zero-order valence-corrected chi connectivity index (χ0v) is 8.87. The van der Waals surface area contributed by atoms with Crippen molar-refractivity contribution in [3.63, 3.8) is 0 Å². The molecule has 1 saturated heterocycles. The fraction of sp³-hybridized carbons (Fsp3) is 0.500. The minimum Gasteiger partial charge on any atom is -0.343 e. The highest BCUT2D eigenvalue weighted by Gasteiger charge is 2.14. The highest BCUT2D eigenvalue weighted by atomic mass is 32.1. The number of nitrogens with zero attached hydrogens (tertiary/aromatic N) is 2. The Morgan fingerprint density at radius 1 is 1.36 bits per heavy atom. The number of carbonyl (C=O) groups is 1. The number of carbonyl (C=O) groups excluding carboxylic acids is 1. The van der Waals surface area contributed by atoms with E-state index in [0.717, 1.165) is 39.1 Å². The van der Waals surface area contributed by atoms with Gasteiger partial charge in [-0.1, -0.05) is 0 Å². The van der Waals surface area contributed by atoms with Crippen LogP contribution in [0, 0.1) is 0 Å². The van der Waals surface area contributed by atoms with Crippen LogP contribution >= 0.6 is 11.3 Å². The summed E-state index contributed by atoms with van der Waals surface area (Å²) < 4.78 is 0. The minimum atomic E-state index is 0.869. The van der Waals surface area contributed by atoms with E-state index in [2.05, 4.69) is 21.7 Å². The van der Waals surface area contributed by atoms with Crippen molar-refractivity contribution in [2.75, 3.05) is 26.2 Å². The van der Waals surface area contributed by atoms with Crippen molar-refractivity contribution < 1.29 is 4.79 Å². The van der Waals surface area contributed by atoms with Crippen LogP contribution in [-0.4, -0.2) is 42.4 Å². The second-order valence-corrected chi connectivity index (χ2v) is 4.33. The third-order valence-electron chi connectivity index (χ3n) is 2.54. The fourth-order valence-electron chi connectivity index (χ4n) is 1.67. The van der Waals surface area contributed by atoms with Crippen LogP contribution in [0.25, 0.3) is 0 Å². The highest BCUT2D eigenvalue weighted by Crippen LogP contribution is 2.10. The Bertz CT molecular complexity index is 278. The summed E-state index contributed by atoms with van der Waals surface area (Å²) in [5.74, 6) is 0. The zero-order chi connectivity index (χ0) is 9.80. The van der Waals surface area contributed by atoms with Gasteiger partial charge >= 0.3 is 0 Å². The molecule has 1 aliphatic heterocycles. The van der Waals surface area contributed by atoms with Crippen LogP contribution in [-0.2, 0) is 11.3 Å². The Hall–Kier alpha value is -0.870. The molecule has 0 spiro atoms. The van der Waals surface area contributed by atoms with Gasteiger partial charge in [0, 0.05) is 32.7 Å². The van der Waals surface area contributed by atoms with E-state index in [0.29, 0.717) is 0 Å². The maximum absolute atomic E-state index is 10.5. The summed E-state index contributed by atoms with van der Waals surface area (Å²) in [6.07, 6.45) is 0.946. The molecule has 0 radical (unpaired) electrons. The Morgan fingerprint density at radius 3 is 2.71 bits per heavy atom. The molecule has 0 aromatic carbocycles. The number of amides is 1. The van der Waals surface area contributed by atoms with E-state index >= 15 is 0 Å². The molecule has 1 aromatic heterocycles. The van der Waals surface area contributed by atoms with Crippen molar-refractivity contribution in [1.82, 2.24) is 9.80 Å². The number of hydrogen-bond acceptors (Lipinski definition) is 3. The molecule has 14 heavy (non-hydrogen) atoms. The first-order valence-electron chi connectivity index (χ1n) is 4.81. The topological polar surface area (TPSA) is 23.6 Å². The maximum atomic E-state index is 10.5. The number of rotatable bonds is 3. The van der Waals surface area contributed by atoms with Gasteiger partial charge in [-0.2, -0.15) is 11.3 Å². The normalized spacial score (nSPS) is 18.4.